The summed E-state index contributed by atoms with van der Waals surface area (Å²) in [7, 11) is 0. The van der Waals surface area contributed by atoms with Gasteiger partial charge in [0.05, 0.1) is 0 Å². The molecule has 0 bridgehead atoms. The van der Waals surface area contributed by atoms with Gasteiger partial charge in [0, 0.05) is 25.2 Å². The van der Waals surface area contributed by atoms with E-state index in [1.54, 1.807) is 12.3 Å². The molecule has 0 aliphatic rings. The van der Waals surface area contributed by atoms with Gasteiger partial charge in [0.1, 0.15) is 0 Å². The Labute approximate surface area is 93.4 Å². The van der Waals surface area contributed by atoms with Crippen molar-refractivity contribution in [3.63, 3.8) is 0 Å². The Hall–Kier alpha value is -1.69. The standard InChI is InChI=1S/C10H16N4O2/c11-13-9(15)5-2-1-3-8-14-10(16)6-4-7-12-14/h4,6-7H,1-3,5,8,11H2,(H,13,15). The van der Waals surface area contributed by atoms with Crippen LogP contribution in [0.3, 0.4) is 0 Å². The minimum atomic E-state index is -0.157. The quantitative estimate of drug-likeness (QED) is 0.303. The molecule has 0 aliphatic carbocycles. The zero-order chi connectivity index (χ0) is 11.8. The van der Waals surface area contributed by atoms with Crippen molar-refractivity contribution in [2.45, 2.75) is 32.2 Å². The highest BCUT2D eigenvalue weighted by molar-refractivity contribution is 5.74. The summed E-state index contributed by atoms with van der Waals surface area (Å²) in [6, 6.07) is 3.10. The van der Waals surface area contributed by atoms with Crippen molar-refractivity contribution in [1.29, 1.82) is 0 Å². The van der Waals surface area contributed by atoms with Gasteiger partial charge in [-0.2, -0.15) is 5.10 Å². The number of aromatic nitrogens is 2. The molecule has 1 aromatic heterocycles. The van der Waals surface area contributed by atoms with Gasteiger partial charge in [0.25, 0.3) is 5.56 Å². The average molecular weight is 224 g/mol. The first-order chi connectivity index (χ1) is 7.74. The highest BCUT2D eigenvalue weighted by Crippen LogP contribution is 2.00. The number of amides is 1. The molecule has 6 heteroatoms. The number of hydrogen-bond donors (Lipinski definition) is 2. The third kappa shape index (κ3) is 4.22. The van der Waals surface area contributed by atoms with Gasteiger partial charge in [0.2, 0.25) is 5.91 Å². The van der Waals surface area contributed by atoms with E-state index in [0.29, 0.717) is 13.0 Å². The van der Waals surface area contributed by atoms with Crippen LogP contribution in [-0.2, 0) is 11.3 Å². The normalized spacial score (nSPS) is 10.1. The summed E-state index contributed by atoms with van der Waals surface area (Å²) in [5.41, 5.74) is 1.98. The monoisotopic (exact) mass is 224 g/mol. The van der Waals surface area contributed by atoms with Crippen LogP contribution in [0.5, 0.6) is 0 Å². The number of nitrogens with one attached hydrogen (secondary N) is 1. The Morgan fingerprint density at radius 3 is 2.94 bits per heavy atom. The fourth-order valence-electron chi connectivity index (χ4n) is 1.35. The number of aryl methyl sites for hydroxylation is 1. The summed E-state index contributed by atoms with van der Waals surface area (Å²) in [6.07, 6.45) is 4.48. The molecule has 6 nitrogen and oxygen atoms in total. The van der Waals surface area contributed by atoms with Gasteiger partial charge in [-0.05, 0) is 18.9 Å². The first-order valence-electron chi connectivity index (χ1n) is 5.25. The van der Waals surface area contributed by atoms with E-state index in [2.05, 4.69) is 10.5 Å². The zero-order valence-corrected chi connectivity index (χ0v) is 9.06. The van der Waals surface area contributed by atoms with Crippen molar-refractivity contribution >= 4 is 5.91 Å². The molecule has 3 N–H and O–H groups in total. The van der Waals surface area contributed by atoms with E-state index in [9.17, 15) is 9.59 Å². The first-order valence-corrected chi connectivity index (χ1v) is 5.25. The largest absolute Gasteiger partial charge is 0.294 e. The van der Waals surface area contributed by atoms with Gasteiger partial charge in [0.15, 0.2) is 0 Å². The fourth-order valence-corrected chi connectivity index (χ4v) is 1.35. The van der Waals surface area contributed by atoms with E-state index in [4.69, 9.17) is 5.84 Å². The van der Waals surface area contributed by atoms with Crippen molar-refractivity contribution in [3.8, 4) is 0 Å². The molecule has 0 saturated carbocycles. The average Bonchev–Trinajstić information content (AvgIpc) is 2.30. The lowest BCUT2D eigenvalue weighted by atomic mass is 10.2. The first kappa shape index (κ1) is 12.4. The molecule has 0 spiro atoms. The zero-order valence-electron chi connectivity index (χ0n) is 9.06. The Bertz CT molecular complexity index is 388. The third-order valence-electron chi connectivity index (χ3n) is 2.22. The fraction of sp³-hybridized carbons (Fsp3) is 0.500. The number of rotatable bonds is 6. The maximum Gasteiger partial charge on any atom is 0.266 e. The second-order valence-electron chi connectivity index (χ2n) is 3.46. The Morgan fingerprint density at radius 1 is 1.44 bits per heavy atom. The number of nitrogens with two attached hydrogens (primary N) is 1. The Kier molecular flexibility index (Phi) is 5.21. The van der Waals surface area contributed by atoms with Gasteiger partial charge in [-0.15, -0.1) is 0 Å². The third-order valence-corrected chi connectivity index (χ3v) is 2.22. The highest BCUT2D eigenvalue weighted by atomic mass is 16.2. The number of nitrogens with zero attached hydrogens (tertiary/aromatic N) is 2. The molecule has 1 heterocycles. The van der Waals surface area contributed by atoms with Gasteiger partial charge in [-0.1, -0.05) is 6.42 Å². The molecule has 0 atom stereocenters. The van der Waals surface area contributed by atoms with Crippen molar-refractivity contribution in [2.24, 2.45) is 5.84 Å². The summed E-state index contributed by atoms with van der Waals surface area (Å²) >= 11 is 0. The van der Waals surface area contributed by atoms with Crippen LogP contribution in [0.2, 0.25) is 0 Å². The molecule has 0 radical (unpaired) electrons. The maximum atomic E-state index is 11.3. The molecular weight excluding hydrogens is 208 g/mol. The molecule has 88 valence electrons. The predicted molar refractivity (Wildman–Crippen MR) is 59.3 cm³/mol. The number of carbonyl (C=O) groups excluding carboxylic acids is 1. The van der Waals surface area contributed by atoms with Crippen LogP contribution in [0.15, 0.2) is 23.1 Å². The van der Waals surface area contributed by atoms with E-state index in [-0.39, 0.29) is 11.5 Å². The van der Waals surface area contributed by atoms with E-state index in [0.717, 1.165) is 19.3 Å². The lowest BCUT2D eigenvalue weighted by Gasteiger charge is -2.03. The van der Waals surface area contributed by atoms with Crippen LogP contribution < -0.4 is 16.8 Å². The topological polar surface area (TPSA) is 90.0 Å². The number of hydrogen-bond acceptors (Lipinski definition) is 4. The van der Waals surface area contributed by atoms with Crippen molar-refractivity contribution in [2.75, 3.05) is 0 Å². The summed E-state index contributed by atoms with van der Waals surface area (Å²) in [5, 5.41) is 3.93. The maximum absolute atomic E-state index is 11.3. The van der Waals surface area contributed by atoms with Crippen LogP contribution >= 0.6 is 0 Å². The SMILES string of the molecule is NNC(=O)CCCCCn1ncccc1=O. The second-order valence-corrected chi connectivity index (χ2v) is 3.46. The number of hydrazine groups is 1. The van der Waals surface area contributed by atoms with Gasteiger partial charge in [-0.3, -0.25) is 15.0 Å². The van der Waals surface area contributed by atoms with Crippen LogP contribution in [0.1, 0.15) is 25.7 Å². The summed E-state index contributed by atoms with van der Waals surface area (Å²) in [6.45, 7) is 0.587. The molecule has 16 heavy (non-hydrogen) atoms. The highest BCUT2D eigenvalue weighted by Gasteiger charge is 1.99. The summed E-state index contributed by atoms with van der Waals surface area (Å²) < 4.78 is 1.42. The van der Waals surface area contributed by atoms with Crippen molar-refractivity contribution in [1.82, 2.24) is 15.2 Å². The van der Waals surface area contributed by atoms with E-state index < -0.39 is 0 Å². The lowest BCUT2D eigenvalue weighted by Crippen LogP contribution is -2.29. The molecule has 0 unspecified atom stereocenters. The van der Waals surface area contributed by atoms with Gasteiger partial charge >= 0.3 is 0 Å². The van der Waals surface area contributed by atoms with Crippen LogP contribution in [0.25, 0.3) is 0 Å². The minimum absolute atomic E-state index is 0.0952. The Morgan fingerprint density at radius 2 is 2.25 bits per heavy atom. The van der Waals surface area contributed by atoms with Gasteiger partial charge < -0.3 is 0 Å². The van der Waals surface area contributed by atoms with Crippen LogP contribution in [-0.4, -0.2) is 15.7 Å². The molecular formula is C10H16N4O2. The molecule has 0 fully saturated rings. The lowest BCUT2D eigenvalue weighted by molar-refractivity contribution is -0.121. The van der Waals surface area contributed by atoms with Crippen molar-refractivity contribution in [3.05, 3.63) is 28.7 Å². The van der Waals surface area contributed by atoms with Gasteiger partial charge in [-0.25, -0.2) is 10.5 Å². The summed E-state index contributed by atoms with van der Waals surface area (Å²) in [5.74, 6) is 4.79. The number of unbranched alkanes of at least 4 members (excludes halogenated alkanes) is 2. The van der Waals surface area contributed by atoms with Crippen molar-refractivity contribution < 1.29 is 4.79 Å². The number of carbonyl (C=O) groups is 1. The molecule has 0 saturated heterocycles. The smallest absolute Gasteiger partial charge is 0.266 e. The molecule has 1 amide bonds. The second kappa shape index (κ2) is 6.73. The minimum Gasteiger partial charge on any atom is -0.294 e. The van der Waals surface area contributed by atoms with Crippen LogP contribution in [0.4, 0.5) is 0 Å². The van der Waals surface area contributed by atoms with Crippen LogP contribution in [0, 0.1) is 0 Å². The molecule has 0 aliphatic heterocycles. The van der Waals surface area contributed by atoms with E-state index in [1.165, 1.54) is 10.7 Å². The Balaban J connectivity index is 2.19. The van der Waals surface area contributed by atoms with E-state index in [1.807, 2.05) is 0 Å². The molecule has 1 aromatic rings. The summed E-state index contributed by atoms with van der Waals surface area (Å²) in [4.78, 5) is 22.1. The predicted octanol–water partition coefficient (Wildman–Crippen LogP) is -0.206. The molecule has 1 rings (SSSR count). The molecule has 0 aromatic carbocycles. The van der Waals surface area contributed by atoms with E-state index >= 15 is 0 Å².